The molecule has 0 spiro atoms. The molecule has 7 nitrogen and oxygen atoms in total. The SMILES string of the molecule is O=C(O)CNC(=O)CNC(=O)COC(c1ccccc1)(c1ccccc1)c1ccccc1. The molecule has 0 radical (unpaired) electrons. The highest BCUT2D eigenvalue weighted by molar-refractivity contribution is 5.87. The average molecular weight is 432 g/mol. The number of carbonyl (C=O) groups excluding carboxylic acids is 2. The summed E-state index contributed by atoms with van der Waals surface area (Å²) >= 11 is 0. The molecule has 0 aliphatic rings. The van der Waals surface area contributed by atoms with E-state index >= 15 is 0 Å². The second kappa shape index (κ2) is 10.9. The number of aliphatic carboxylic acids is 1. The van der Waals surface area contributed by atoms with Crippen molar-refractivity contribution in [1.29, 1.82) is 0 Å². The molecule has 0 aliphatic heterocycles. The van der Waals surface area contributed by atoms with Crippen molar-refractivity contribution in [2.45, 2.75) is 5.60 Å². The maximum atomic E-state index is 12.5. The zero-order valence-electron chi connectivity index (χ0n) is 17.4. The monoisotopic (exact) mass is 432 g/mol. The third-order valence-corrected chi connectivity index (χ3v) is 4.84. The van der Waals surface area contributed by atoms with Gasteiger partial charge in [0.1, 0.15) is 18.8 Å². The van der Waals surface area contributed by atoms with Gasteiger partial charge in [-0.3, -0.25) is 14.4 Å². The molecular weight excluding hydrogens is 408 g/mol. The number of hydrogen-bond donors (Lipinski definition) is 3. The van der Waals surface area contributed by atoms with Gasteiger partial charge in [0.05, 0.1) is 6.54 Å². The van der Waals surface area contributed by atoms with Gasteiger partial charge >= 0.3 is 5.97 Å². The third-order valence-electron chi connectivity index (χ3n) is 4.84. The fourth-order valence-corrected chi connectivity index (χ4v) is 3.41. The van der Waals surface area contributed by atoms with Gasteiger partial charge in [-0.1, -0.05) is 91.0 Å². The van der Waals surface area contributed by atoms with E-state index in [1.165, 1.54) is 0 Å². The molecule has 3 aromatic carbocycles. The third kappa shape index (κ3) is 5.59. The van der Waals surface area contributed by atoms with Crippen LogP contribution in [-0.2, 0) is 24.7 Å². The molecule has 3 rings (SSSR count). The Labute approximate surface area is 186 Å². The maximum Gasteiger partial charge on any atom is 0.322 e. The van der Waals surface area contributed by atoms with E-state index in [-0.39, 0.29) is 13.2 Å². The predicted octanol–water partition coefficient (Wildman–Crippen LogP) is 2.31. The summed E-state index contributed by atoms with van der Waals surface area (Å²) in [5.41, 5.74) is 1.50. The Morgan fingerprint density at radius 3 is 1.47 bits per heavy atom. The van der Waals surface area contributed by atoms with Crippen LogP contribution in [0.15, 0.2) is 91.0 Å². The van der Waals surface area contributed by atoms with Crippen molar-refractivity contribution in [3.63, 3.8) is 0 Å². The minimum absolute atomic E-state index is 0.315. The largest absolute Gasteiger partial charge is 0.480 e. The second-order valence-electron chi connectivity index (χ2n) is 7.02. The molecular formula is C25H24N2O5. The first-order chi connectivity index (χ1) is 15.5. The topological polar surface area (TPSA) is 105 Å². The van der Waals surface area contributed by atoms with Crippen LogP contribution in [0.25, 0.3) is 0 Å². The van der Waals surface area contributed by atoms with Gasteiger partial charge in [0.2, 0.25) is 11.8 Å². The van der Waals surface area contributed by atoms with E-state index in [0.717, 1.165) is 16.7 Å². The Balaban J connectivity index is 1.86. The average Bonchev–Trinajstić information content (AvgIpc) is 2.84. The summed E-state index contributed by atoms with van der Waals surface area (Å²) in [4.78, 5) is 34.7. The lowest BCUT2D eigenvalue weighted by Crippen LogP contribution is -2.42. The van der Waals surface area contributed by atoms with E-state index in [0.29, 0.717) is 0 Å². The van der Waals surface area contributed by atoms with Gasteiger partial charge in [0, 0.05) is 0 Å². The number of rotatable bonds is 10. The zero-order chi connectivity index (χ0) is 22.8. The van der Waals surface area contributed by atoms with E-state index < -0.39 is 29.9 Å². The first kappa shape index (κ1) is 22.7. The van der Waals surface area contributed by atoms with E-state index in [1.54, 1.807) is 0 Å². The molecule has 0 unspecified atom stereocenters. The van der Waals surface area contributed by atoms with Crippen molar-refractivity contribution in [3.05, 3.63) is 108 Å². The van der Waals surface area contributed by atoms with Gasteiger partial charge in [0.25, 0.3) is 0 Å². The van der Waals surface area contributed by atoms with Crippen molar-refractivity contribution in [1.82, 2.24) is 10.6 Å². The Morgan fingerprint density at radius 2 is 1.06 bits per heavy atom. The minimum atomic E-state index is -1.16. The van der Waals surface area contributed by atoms with Crippen LogP contribution < -0.4 is 10.6 Å². The first-order valence-electron chi connectivity index (χ1n) is 10.1. The fourth-order valence-electron chi connectivity index (χ4n) is 3.41. The van der Waals surface area contributed by atoms with Gasteiger partial charge in [-0.25, -0.2) is 0 Å². The molecule has 0 aromatic heterocycles. The van der Waals surface area contributed by atoms with Crippen LogP contribution in [0, 0.1) is 0 Å². The van der Waals surface area contributed by atoms with Crippen molar-refractivity contribution >= 4 is 17.8 Å². The van der Waals surface area contributed by atoms with Crippen LogP contribution in [0.5, 0.6) is 0 Å². The zero-order valence-corrected chi connectivity index (χ0v) is 17.4. The molecule has 164 valence electrons. The van der Waals surface area contributed by atoms with Crippen molar-refractivity contribution < 1.29 is 24.2 Å². The summed E-state index contributed by atoms with van der Waals surface area (Å²) in [7, 11) is 0. The van der Waals surface area contributed by atoms with Gasteiger partial charge < -0.3 is 20.5 Å². The maximum absolute atomic E-state index is 12.5. The number of carbonyl (C=O) groups is 3. The molecule has 0 fully saturated rings. The lowest BCUT2D eigenvalue weighted by atomic mass is 9.80. The van der Waals surface area contributed by atoms with E-state index in [2.05, 4.69) is 10.6 Å². The summed E-state index contributed by atoms with van der Waals surface area (Å²) in [6, 6.07) is 28.8. The van der Waals surface area contributed by atoms with Gasteiger partial charge in [-0.05, 0) is 16.7 Å². The van der Waals surface area contributed by atoms with Gasteiger partial charge in [-0.2, -0.15) is 0 Å². The molecule has 0 heterocycles. The Hall–Kier alpha value is -3.97. The highest BCUT2D eigenvalue weighted by Crippen LogP contribution is 2.40. The first-order valence-corrected chi connectivity index (χ1v) is 10.1. The number of carboxylic acid groups (broad SMARTS) is 1. The van der Waals surface area contributed by atoms with E-state index in [4.69, 9.17) is 9.84 Å². The normalized spacial score (nSPS) is 10.9. The molecule has 32 heavy (non-hydrogen) atoms. The lowest BCUT2D eigenvalue weighted by molar-refractivity contribution is -0.138. The van der Waals surface area contributed by atoms with Crippen LogP contribution in [-0.4, -0.2) is 42.6 Å². The molecule has 0 saturated heterocycles. The van der Waals surface area contributed by atoms with Crippen LogP contribution in [0.4, 0.5) is 0 Å². The number of nitrogens with one attached hydrogen (secondary N) is 2. The van der Waals surface area contributed by atoms with Crippen LogP contribution >= 0.6 is 0 Å². The molecule has 0 aliphatic carbocycles. The number of ether oxygens (including phenoxy) is 1. The number of carboxylic acids is 1. The summed E-state index contributed by atoms with van der Waals surface area (Å²) < 4.78 is 6.34. The van der Waals surface area contributed by atoms with Crippen molar-refractivity contribution in [2.24, 2.45) is 0 Å². The van der Waals surface area contributed by atoms with Crippen LogP contribution in [0.3, 0.4) is 0 Å². The number of amides is 2. The summed E-state index contributed by atoms with van der Waals surface area (Å²) in [6.45, 7) is -1.17. The van der Waals surface area contributed by atoms with Gasteiger partial charge in [-0.15, -0.1) is 0 Å². The standard InChI is InChI=1S/C25H24N2O5/c28-22(27-17-24(30)31)16-26-23(29)18-32-25(19-10-4-1-5-11-19,20-12-6-2-7-13-20)21-14-8-3-9-15-21/h1-15H,16-18H2,(H,26,29)(H,27,28)(H,30,31). The Kier molecular flexibility index (Phi) is 7.72. The Morgan fingerprint density at radius 1 is 0.656 bits per heavy atom. The highest BCUT2D eigenvalue weighted by Gasteiger charge is 2.38. The van der Waals surface area contributed by atoms with Crippen molar-refractivity contribution in [2.75, 3.05) is 19.7 Å². The molecule has 0 saturated carbocycles. The minimum Gasteiger partial charge on any atom is -0.480 e. The number of benzene rings is 3. The summed E-state index contributed by atoms with van der Waals surface area (Å²) in [6.07, 6.45) is 0. The molecule has 7 heteroatoms. The molecule has 0 atom stereocenters. The smallest absolute Gasteiger partial charge is 0.322 e. The predicted molar refractivity (Wildman–Crippen MR) is 119 cm³/mol. The fraction of sp³-hybridized carbons (Fsp3) is 0.160. The van der Waals surface area contributed by atoms with E-state index in [1.807, 2.05) is 91.0 Å². The summed E-state index contributed by atoms with van der Waals surface area (Å²) in [5.74, 6) is -2.25. The van der Waals surface area contributed by atoms with Gasteiger partial charge in [0.15, 0.2) is 0 Å². The van der Waals surface area contributed by atoms with Crippen LogP contribution in [0.2, 0.25) is 0 Å². The highest BCUT2D eigenvalue weighted by atomic mass is 16.5. The molecule has 0 bridgehead atoms. The summed E-state index contributed by atoms with van der Waals surface area (Å²) in [5, 5.41) is 13.3. The van der Waals surface area contributed by atoms with Crippen molar-refractivity contribution in [3.8, 4) is 0 Å². The molecule has 3 aromatic rings. The quantitative estimate of drug-likeness (QED) is 0.427. The molecule has 2 amide bonds. The molecule has 3 N–H and O–H groups in total. The lowest BCUT2D eigenvalue weighted by Gasteiger charge is -2.35. The van der Waals surface area contributed by atoms with E-state index in [9.17, 15) is 14.4 Å². The second-order valence-corrected chi connectivity index (χ2v) is 7.02. The Bertz CT molecular complexity index is 943. The number of hydrogen-bond acceptors (Lipinski definition) is 4. The van der Waals surface area contributed by atoms with Crippen LogP contribution in [0.1, 0.15) is 16.7 Å².